The molecule has 0 saturated carbocycles. The summed E-state index contributed by atoms with van der Waals surface area (Å²) in [5.41, 5.74) is 0.794. The van der Waals surface area contributed by atoms with Gasteiger partial charge in [0.2, 0.25) is 15.9 Å². The van der Waals surface area contributed by atoms with Gasteiger partial charge in [-0.1, -0.05) is 56.3 Å². The lowest BCUT2D eigenvalue weighted by molar-refractivity contribution is -0.123. The number of amides is 1. The summed E-state index contributed by atoms with van der Waals surface area (Å²) in [7, 11) is -4.24. The topological polar surface area (TPSA) is 87.7 Å². The lowest BCUT2D eigenvalue weighted by Crippen LogP contribution is -2.54. The number of morpholine rings is 1. The van der Waals surface area contributed by atoms with Crippen molar-refractivity contribution in [1.29, 1.82) is 0 Å². The number of hydrogen-bond donors (Lipinski definition) is 2. The Kier molecular flexibility index (Phi) is 8.96. The van der Waals surface area contributed by atoms with Gasteiger partial charge in [0.25, 0.3) is 0 Å². The first-order chi connectivity index (χ1) is 15.8. The fraction of sp³-hybridized carbons (Fsp3) is 0.458. The zero-order valence-corrected chi connectivity index (χ0v) is 19.9. The summed E-state index contributed by atoms with van der Waals surface area (Å²) in [6.07, 6.45) is 0.143. The predicted octanol–water partition coefficient (Wildman–Crippen LogP) is 2.19. The van der Waals surface area contributed by atoms with Crippen molar-refractivity contribution >= 4 is 15.9 Å². The minimum atomic E-state index is -4.24. The first-order valence-electron chi connectivity index (χ1n) is 11.2. The first-order valence-corrected chi connectivity index (χ1v) is 12.7. The summed E-state index contributed by atoms with van der Waals surface area (Å²) >= 11 is 0. The maximum absolute atomic E-state index is 14.2. The Hall–Kier alpha value is -2.33. The van der Waals surface area contributed by atoms with Crippen LogP contribution in [-0.2, 0) is 26.0 Å². The molecule has 33 heavy (non-hydrogen) atoms. The van der Waals surface area contributed by atoms with E-state index in [1.807, 2.05) is 30.3 Å². The number of nitrogens with one attached hydrogen (secondary N) is 2. The molecule has 0 aromatic heterocycles. The van der Waals surface area contributed by atoms with E-state index in [0.29, 0.717) is 19.8 Å². The van der Waals surface area contributed by atoms with Crippen LogP contribution in [0.1, 0.15) is 19.4 Å². The van der Waals surface area contributed by atoms with Gasteiger partial charge in [-0.05, 0) is 30.0 Å². The van der Waals surface area contributed by atoms with Crippen LogP contribution in [0.25, 0.3) is 0 Å². The summed E-state index contributed by atoms with van der Waals surface area (Å²) in [4.78, 5) is 15.0. The molecule has 2 N–H and O–H groups in total. The molecule has 2 atom stereocenters. The van der Waals surface area contributed by atoms with E-state index in [9.17, 15) is 17.6 Å². The van der Waals surface area contributed by atoms with E-state index in [4.69, 9.17) is 4.74 Å². The molecule has 1 fully saturated rings. The molecule has 3 rings (SSSR count). The maximum Gasteiger partial charge on any atom is 0.244 e. The smallest absolute Gasteiger partial charge is 0.244 e. The molecule has 1 unspecified atom stereocenters. The number of benzene rings is 2. The summed E-state index contributed by atoms with van der Waals surface area (Å²) in [6, 6.07) is 13.3. The van der Waals surface area contributed by atoms with Gasteiger partial charge in [0.05, 0.1) is 13.2 Å². The highest BCUT2D eigenvalue weighted by Crippen LogP contribution is 2.16. The van der Waals surface area contributed by atoms with Gasteiger partial charge in [-0.3, -0.25) is 9.69 Å². The zero-order chi connectivity index (χ0) is 23.8. The Morgan fingerprint density at radius 1 is 1.06 bits per heavy atom. The van der Waals surface area contributed by atoms with Crippen LogP contribution in [-0.4, -0.2) is 64.2 Å². The van der Waals surface area contributed by atoms with Crippen LogP contribution in [0, 0.1) is 11.7 Å². The molecular weight excluding hydrogens is 445 g/mol. The van der Waals surface area contributed by atoms with Crippen molar-refractivity contribution in [3.05, 3.63) is 66.0 Å². The lowest BCUT2D eigenvalue weighted by atomic mass is 10.0. The molecular formula is C24H32FN3O4S. The number of carbonyl (C=O) groups is 1. The van der Waals surface area contributed by atoms with Crippen molar-refractivity contribution in [3.63, 3.8) is 0 Å². The number of hydrogen-bond acceptors (Lipinski definition) is 5. The fourth-order valence-electron chi connectivity index (χ4n) is 3.98. The molecule has 180 valence electrons. The van der Waals surface area contributed by atoms with Crippen LogP contribution in [0.3, 0.4) is 0 Å². The molecule has 0 radical (unpaired) electrons. The Balaban J connectivity index is 1.76. The third-order valence-electron chi connectivity index (χ3n) is 5.79. The minimum Gasteiger partial charge on any atom is -0.379 e. The number of rotatable bonds is 10. The summed E-state index contributed by atoms with van der Waals surface area (Å²) in [5.74, 6) is -1.03. The Bertz CT molecular complexity index is 1010. The van der Waals surface area contributed by atoms with Crippen molar-refractivity contribution < 1.29 is 22.3 Å². The second-order valence-electron chi connectivity index (χ2n) is 8.50. The molecule has 1 aliphatic rings. The van der Waals surface area contributed by atoms with Gasteiger partial charge in [0.15, 0.2) is 0 Å². The maximum atomic E-state index is 14.2. The quantitative estimate of drug-likeness (QED) is 0.548. The highest BCUT2D eigenvalue weighted by Gasteiger charge is 2.30. The monoisotopic (exact) mass is 477 g/mol. The summed E-state index contributed by atoms with van der Waals surface area (Å²) in [6.45, 7) is 7.43. The lowest BCUT2D eigenvalue weighted by Gasteiger charge is -2.37. The molecule has 1 heterocycles. The van der Waals surface area contributed by atoms with Gasteiger partial charge in [-0.15, -0.1) is 0 Å². The number of sulfonamides is 1. The van der Waals surface area contributed by atoms with Crippen LogP contribution in [0.5, 0.6) is 0 Å². The van der Waals surface area contributed by atoms with Crippen LogP contribution in [0.2, 0.25) is 0 Å². The number of carbonyl (C=O) groups excluding carboxylic acids is 1. The van der Waals surface area contributed by atoms with Gasteiger partial charge in [-0.2, -0.15) is 4.72 Å². The van der Waals surface area contributed by atoms with Crippen LogP contribution in [0.15, 0.2) is 59.5 Å². The molecule has 0 aliphatic carbocycles. The SMILES string of the molecule is CC(C)C(CNC(=O)[C@H](Cc1ccccc1)NS(=O)(=O)c1ccccc1F)N1CCOCC1. The zero-order valence-electron chi connectivity index (χ0n) is 19.0. The van der Waals surface area contributed by atoms with E-state index in [1.165, 1.54) is 18.2 Å². The van der Waals surface area contributed by atoms with E-state index in [0.717, 1.165) is 24.7 Å². The number of nitrogens with zero attached hydrogens (tertiary/aromatic N) is 1. The Morgan fingerprint density at radius 2 is 1.70 bits per heavy atom. The first kappa shape index (κ1) is 25.3. The predicted molar refractivity (Wildman–Crippen MR) is 125 cm³/mol. The standard InChI is InChI=1S/C24H32FN3O4S/c1-18(2)22(28-12-14-32-15-13-28)17-26-24(29)21(16-19-8-4-3-5-9-19)27-33(30,31)23-11-7-6-10-20(23)25/h3-11,18,21-22,27H,12-17H2,1-2H3,(H,26,29)/t21-,22?/m0/s1. The third-order valence-corrected chi connectivity index (χ3v) is 7.30. The van der Waals surface area contributed by atoms with Gasteiger partial charge < -0.3 is 10.1 Å². The minimum absolute atomic E-state index is 0.0957. The van der Waals surface area contributed by atoms with Crippen LogP contribution in [0.4, 0.5) is 4.39 Å². The molecule has 0 bridgehead atoms. The van der Waals surface area contributed by atoms with Crippen molar-refractivity contribution in [3.8, 4) is 0 Å². The van der Waals surface area contributed by atoms with E-state index in [-0.39, 0.29) is 18.4 Å². The van der Waals surface area contributed by atoms with Crippen molar-refractivity contribution in [2.75, 3.05) is 32.8 Å². The number of ether oxygens (including phenoxy) is 1. The molecule has 7 nitrogen and oxygen atoms in total. The largest absolute Gasteiger partial charge is 0.379 e. The van der Waals surface area contributed by atoms with E-state index < -0.39 is 32.7 Å². The highest BCUT2D eigenvalue weighted by molar-refractivity contribution is 7.89. The number of halogens is 1. The van der Waals surface area contributed by atoms with E-state index in [1.54, 1.807) is 0 Å². The molecule has 0 spiro atoms. The molecule has 1 saturated heterocycles. The Labute approximate surface area is 195 Å². The molecule has 2 aromatic rings. The second kappa shape index (κ2) is 11.7. The molecule has 9 heteroatoms. The van der Waals surface area contributed by atoms with Gasteiger partial charge in [-0.25, -0.2) is 12.8 Å². The molecule has 2 aromatic carbocycles. The molecule has 1 amide bonds. The third kappa shape index (κ3) is 7.07. The second-order valence-corrected chi connectivity index (χ2v) is 10.2. The van der Waals surface area contributed by atoms with Crippen molar-refractivity contribution in [2.24, 2.45) is 5.92 Å². The average molecular weight is 478 g/mol. The van der Waals surface area contributed by atoms with E-state index >= 15 is 0 Å². The summed E-state index contributed by atoms with van der Waals surface area (Å²) < 4.78 is 47.8. The van der Waals surface area contributed by atoms with Crippen molar-refractivity contribution in [1.82, 2.24) is 14.9 Å². The van der Waals surface area contributed by atoms with Crippen LogP contribution >= 0.6 is 0 Å². The highest BCUT2D eigenvalue weighted by atomic mass is 32.2. The summed E-state index contributed by atoms with van der Waals surface area (Å²) in [5, 5.41) is 2.93. The van der Waals surface area contributed by atoms with Crippen molar-refractivity contribution in [2.45, 2.75) is 37.2 Å². The fourth-order valence-corrected chi connectivity index (χ4v) is 5.25. The van der Waals surface area contributed by atoms with Gasteiger partial charge >= 0.3 is 0 Å². The molecule has 1 aliphatic heterocycles. The average Bonchev–Trinajstić information content (AvgIpc) is 2.80. The van der Waals surface area contributed by atoms with Gasteiger partial charge in [0, 0.05) is 25.7 Å². The Morgan fingerprint density at radius 3 is 2.33 bits per heavy atom. The van der Waals surface area contributed by atoms with Gasteiger partial charge in [0.1, 0.15) is 16.8 Å². The van der Waals surface area contributed by atoms with E-state index in [2.05, 4.69) is 28.8 Å². The van der Waals surface area contributed by atoms with Crippen LogP contribution < -0.4 is 10.0 Å². The normalized spacial score (nSPS) is 17.0.